The van der Waals surface area contributed by atoms with Crippen LogP contribution in [0, 0.1) is 5.82 Å². The molecule has 1 atom stereocenters. The van der Waals surface area contributed by atoms with Crippen molar-refractivity contribution in [2.24, 2.45) is 0 Å². The highest BCUT2D eigenvalue weighted by molar-refractivity contribution is 7.99. The van der Waals surface area contributed by atoms with Crippen LogP contribution in [0.1, 0.15) is 30.4 Å². The summed E-state index contributed by atoms with van der Waals surface area (Å²) in [7, 11) is 0. The predicted molar refractivity (Wildman–Crippen MR) is 98.3 cm³/mol. The fourth-order valence-electron chi connectivity index (χ4n) is 2.47. The minimum absolute atomic E-state index is 0.0384. The number of anilines is 1. The first-order chi connectivity index (χ1) is 12.0. The molecule has 0 radical (unpaired) electrons. The highest BCUT2D eigenvalue weighted by Gasteiger charge is 2.14. The molecule has 0 heterocycles. The van der Waals surface area contributed by atoms with Crippen LogP contribution in [0.2, 0.25) is 0 Å². The second kappa shape index (κ2) is 9.22. The summed E-state index contributed by atoms with van der Waals surface area (Å²) < 4.78 is 13.8. The zero-order chi connectivity index (χ0) is 18.2. The van der Waals surface area contributed by atoms with Gasteiger partial charge in [0.2, 0.25) is 5.91 Å². The van der Waals surface area contributed by atoms with Gasteiger partial charge >= 0.3 is 5.97 Å². The molecule has 6 heteroatoms. The van der Waals surface area contributed by atoms with E-state index in [1.165, 1.54) is 17.8 Å². The number of rotatable bonds is 8. The van der Waals surface area contributed by atoms with Crippen LogP contribution >= 0.6 is 11.8 Å². The summed E-state index contributed by atoms with van der Waals surface area (Å²) in [5.74, 6) is -0.975. The maximum atomic E-state index is 13.8. The van der Waals surface area contributed by atoms with E-state index < -0.39 is 5.97 Å². The van der Waals surface area contributed by atoms with Crippen molar-refractivity contribution in [3.63, 3.8) is 0 Å². The van der Waals surface area contributed by atoms with Crippen LogP contribution < -0.4 is 5.32 Å². The summed E-state index contributed by atoms with van der Waals surface area (Å²) >= 11 is 1.30. The standard InChI is InChI=1S/C19H20FNO3S/c1-13(16-7-2-3-8-17(16)20)9-18(22)21-15-6-4-5-14(10-15)11-25-12-19(23)24/h2-8,10,13H,9,11-12H2,1H3,(H,21,22)(H,23,24). The Morgan fingerprint density at radius 2 is 1.96 bits per heavy atom. The molecule has 2 rings (SSSR count). The third-order valence-electron chi connectivity index (χ3n) is 3.63. The third kappa shape index (κ3) is 6.23. The number of benzene rings is 2. The molecule has 0 spiro atoms. The van der Waals surface area contributed by atoms with Gasteiger partial charge in [0.1, 0.15) is 5.82 Å². The van der Waals surface area contributed by atoms with Gasteiger partial charge in [0, 0.05) is 17.9 Å². The number of nitrogens with one attached hydrogen (secondary N) is 1. The van der Waals surface area contributed by atoms with Crippen LogP contribution in [0.5, 0.6) is 0 Å². The molecule has 0 bridgehead atoms. The van der Waals surface area contributed by atoms with E-state index >= 15 is 0 Å². The van der Waals surface area contributed by atoms with Crippen molar-refractivity contribution in [1.82, 2.24) is 0 Å². The van der Waals surface area contributed by atoms with Crippen molar-refractivity contribution < 1.29 is 19.1 Å². The Hall–Kier alpha value is -2.34. The van der Waals surface area contributed by atoms with E-state index in [0.29, 0.717) is 17.0 Å². The van der Waals surface area contributed by atoms with Crippen LogP contribution in [-0.4, -0.2) is 22.7 Å². The molecule has 4 nitrogen and oxygen atoms in total. The number of hydrogen-bond acceptors (Lipinski definition) is 3. The molecular formula is C19H20FNO3S. The average molecular weight is 361 g/mol. The molecule has 1 unspecified atom stereocenters. The van der Waals surface area contributed by atoms with Gasteiger partial charge in [-0.05, 0) is 35.2 Å². The zero-order valence-electron chi connectivity index (χ0n) is 13.9. The van der Waals surface area contributed by atoms with E-state index in [1.807, 2.05) is 25.1 Å². The predicted octanol–water partition coefficient (Wildman–Crippen LogP) is 4.28. The fraction of sp³-hybridized carbons (Fsp3) is 0.263. The quantitative estimate of drug-likeness (QED) is 0.737. The number of hydrogen-bond donors (Lipinski definition) is 2. The first-order valence-corrected chi connectivity index (χ1v) is 9.04. The third-order valence-corrected chi connectivity index (χ3v) is 4.62. The number of thioether (sulfide) groups is 1. The second-order valence-corrected chi connectivity index (χ2v) is 6.75. The largest absolute Gasteiger partial charge is 0.481 e. The van der Waals surface area contributed by atoms with E-state index in [0.717, 1.165) is 5.56 Å². The zero-order valence-corrected chi connectivity index (χ0v) is 14.7. The lowest BCUT2D eigenvalue weighted by Crippen LogP contribution is -2.15. The normalized spacial score (nSPS) is 11.8. The molecule has 0 aliphatic rings. The van der Waals surface area contributed by atoms with E-state index in [1.54, 1.807) is 24.3 Å². The number of carbonyl (C=O) groups is 2. The van der Waals surface area contributed by atoms with Gasteiger partial charge < -0.3 is 10.4 Å². The Morgan fingerprint density at radius 3 is 2.68 bits per heavy atom. The molecule has 25 heavy (non-hydrogen) atoms. The maximum absolute atomic E-state index is 13.8. The molecule has 132 valence electrons. The Kier molecular flexibility index (Phi) is 7.01. The lowest BCUT2D eigenvalue weighted by molar-refractivity contribution is -0.133. The van der Waals surface area contributed by atoms with Crippen LogP contribution in [0.4, 0.5) is 10.1 Å². The lowest BCUT2D eigenvalue weighted by atomic mass is 9.97. The molecule has 0 saturated carbocycles. The number of halogens is 1. The molecule has 1 amide bonds. The maximum Gasteiger partial charge on any atom is 0.313 e. The van der Waals surface area contributed by atoms with Crippen molar-refractivity contribution >= 4 is 29.3 Å². The number of carboxylic acids is 1. The molecule has 0 aliphatic carbocycles. The SMILES string of the molecule is CC(CC(=O)Nc1cccc(CSCC(=O)O)c1)c1ccccc1F. The Bertz CT molecular complexity index is 751. The van der Waals surface area contributed by atoms with Crippen molar-refractivity contribution in [1.29, 1.82) is 0 Å². The Morgan fingerprint density at radius 1 is 1.20 bits per heavy atom. The topological polar surface area (TPSA) is 66.4 Å². The minimum atomic E-state index is -0.850. The van der Waals surface area contributed by atoms with Crippen LogP contribution in [0.25, 0.3) is 0 Å². The molecule has 2 aromatic rings. The van der Waals surface area contributed by atoms with Crippen LogP contribution in [0.15, 0.2) is 48.5 Å². The fourth-order valence-corrected chi connectivity index (χ4v) is 3.16. The van der Waals surface area contributed by atoms with E-state index in [9.17, 15) is 14.0 Å². The number of carbonyl (C=O) groups excluding carboxylic acids is 1. The van der Waals surface area contributed by atoms with Gasteiger partial charge in [-0.2, -0.15) is 0 Å². The molecule has 0 aromatic heterocycles. The Labute approximate surface area is 150 Å². The summed E-state index contributed by atoms with van der Waals surface area (Å²) in [4.78, 5) is 22.7. The van der Waals surface area contributed by atoms with Crippen LogP contribution in [0.3, 0.4) is 0 Å². The van der Waals surface area contributed by atoms with E-state index in [-0.39, 0.29) is 29.8 Å². The van der Waals surface area contributed by atoms with Gasteiger partial charge in [0.05, 0.1) is 5.75 Å². The number of aliphatic carboxylic acids is 1. The van der Waals surface area contributed by atoms with Gasteiger partial charge in [0.15, 0.2) is 0 Å². The van der Waals surface area contributed by atoms with Crippen molar-refractivity contribution in [2.45, 2.75) is 25.0 Å². The van der Waals surface area contributed by atoms with E-state index in [2.05, 4.69) is 5.32 Å². The molecule has 0 fully saturated rings. The van der Waals surface area contributed by atoms with Crippen LogP contribution in [-0.2, 0) is 15.3 Å². The van der Waals surface area contributed by atoms with Gasteiger partial charge in [-0.25, -0.2) is 4.39 Å². The van der Waals surface area contributed by atoms with Gasteiger partial charge in [-0.3, -0.25) is 9.59 Å². The summed E-state index contributed by atoms with van der Waals surface area (Å²) in [6.45, 7) is 1.82. The van der Waals surface area contributed by atoms with Gasteiger partial charge in [-0.15, -0.1) is 11.8 Å². The smallest absolute Gasteiger partial charge is 0.313 e. The van der Waals surface area contributed by atoms with Crippen molar-refractivity contribution in [3.8, 4) is 0 Å². The molecule has 0 saturated heterocycles. The molecule has 0 aliphatic heterocycles. The second-order valence-electron chi connectivity index (χ2n) is 5.76. The first kappa shape index (κ1) is 19.0. The summed E-state index contributed by atoms with van der Waals surface area (Å²) in [6, 6.07) is 13.7. The molecule has 2 aromatic carbocycles. The average Bonchev–Trinajstić information content (AvgIpc) is 2.55. The summed E-state index contributed by atoms with van der Waals surface area (Å²) in [6.07, 6.45) is 0.179. The number of amides is 1. The molecule has 2 N–H and O–H groups in total. The van der Waals surface area contributed by atoms with Gasteiger partial charge in [-0.1, -0.05) is 37.3 Å². The van der Waals surface area contributed by atoms with Gasteiger partial charge in [0.25, 0.3) is 0 Å². The summed E-state index contributed by atoms with van der Waals surface area (Å²) in [5.41, 5.74) is 2.11. The minimum Gasteiger partial charge on any atom is -0.481 e. The molecular weight excluding hydrogens is 341 g/mol. The highest BCUT2D eigenvalue weighted by atomic mass is 32.2. The van der Waals surface area contributed by atoms with Crippen molar-refractivity contribution in [2.75, 3.05) is 11.1 Å². The number of carboxylic acid groups (broad SMARTS) is 1. The highest BCUT2D eigenvalue weighted by Crippen LogP contribution is 2.23. The monoisotopic (exact) mass is 361 g/mol. The van der Waals surface area contributed by atoms with E-state index in [4.69, 9.17) is 5.11 Å². The first-order valence-electron chi connectivity index (χ1n) is 7.88. The lowest BCUT2D eigenvalue weighted by Gasteiger charge is -2.13. The Balaban J connectivity index is 1.92. The summed E-state index contributed by atoms with van der Waals surface area (Å²) in [5, 5.41) is 11.5. The van der Waals surface area contributed by atoms with Crippen molar-refractivity contribution in [3.05, 3.63) is 65.5 Å².